The lowest BCUT2D eigenvalue weighted by Gasteiger charge is -2.05. The molecule has 0 fully saturated rings. The second-order valence-electron chi connectivity index (χ2n) is 3.23. The van der Waals surface area contributed by atoms with Crippen molar-refractivity contribution in [1.29, 1.82) is 5.26 Å². The van der Waals surface area contributed by atoms with E-state index in [1.54, 1.807) is 30.3 Å². The Morgan fingerprint density at radius 1 is 1.22 bits per heavy atom. The van der Waals surface area contributed by atoms with Crippen LogP contribution in [0.5, 0.6) is 5.75 Å². The fraction of sp³-hybridized carbons (Fsp3) is 0. The molecule has 0 saturated heterocycles. The van der Waals surface area contributed by atoms with Gasteiger partial charge in [0.25, 0.3) is 0 Å². The van der Waals surface area contributed by atoms with Gasteiger partial charge in [0.1, 0.15) is 11.8 Å². The first-order valence-electron chi connectivity index (χ1n) is 5.04. The van der Waals surface area contributed by atoms with Crippen LogP contribution in [0, 0.1) is 11.3 Å². The number of amides is 1. The van der Waals surface area contributed by atoms with Crippen molar-refractivity contribution in [2.45, 2.75) is 0 Å². The number of hydrogen-bond acceptors (Lipinski definition) is 5. The van der Waals surface area contributed by atoms with Gasteiger partial charge < -0.3 is 4.74 Å². The average molecular weight is 240 g/mol. The lowest BCUT2D eigenvalue weighted by molar-refractivity contribution is 0.215. The van der Waals surface area contributed by atoms with Gasteiger partial charge in [-0.25, -0.2) is 14.8 Å². The van der Waals surface area contributed by atoms with E-state index in [2.05, 4.69) is 15.3 Å². The molecule has 0 bridgehead atoms. The van der Waals surface area contributed by atoms with Gasteiger partial charge in [-0.05, 0) is 12.1 Å². The Bertz CT molecular complexity index is 575. The van der Waals surface area contributed by atoms with Crippen LogP contribution in [0.25, 0.3) is 0 Å². The predicted molar refractivity (Wildman–Crippen MR) is 62.8 cm³/mol. The second-order valence-corrected chi connectivity index (χ2v) is 3.23. The fourth-order valence-electron chi connectivity index (χ4n) is 1.19. The SMILES string of the molecule is N#Cc1ncc(NC(=O)Oc2ccccc2)cn1. The molecule has 6 heteroatoms. The minimum Gasteiger partial charge on any atom is -0.410 e. The zero-order valence-corrected chi connectivity index (χ0v) is 9.20. The first-order chi connectivity index (χ1) is 8.78. The van der Waals surface area contributed by atoms with Crippen LogP contribution in [-0.4, -0.2) is 16.1 Å². The normalized spacial score (nSPS) is 9.28. The molecule has 6 nitrogen and oxygen atoms in total. The van der Waals surface area contributed by atoms with E-state index in [0.717, 1.165) is 0 Å². The van der Waals surface area contributed by atoms with Gasteiger partial charge in [-0.1, -0.05) is 18.2 Å². The molecule has 1 N–H and O–H groups in total. The summed E-state index contributed by atoms with van der Waals surface area (Å²) in [6.07, 6.45) is 2.02. The van der Waals surface area contributed by atoms with Crippen molar-refractivity contribution >= 4 is 11.8 Å². The quantitative estimate of drug-likeness (QED) is 0.866. The fourth-order valence-corrected chi connectivity index (χ4v) is 1.19. The number of para-hydroxylation sites is 1. The van der Waals surface area contributed by atoms with Crippen molar-refractivity contribution in [3.8, 4) is 11.8 Å². The minimum absolute atomic E-state index is 0.0389. The molecule has 0 unspecified atom stereocenters. The smallest absolute Gasteiger partial charge is 0.410 e. The van der Waals surface area contributed by atoms with E-state index in [9.17, 15) is 4.79 Å². The molecule has 1 amide bonds. The molecule has 0 saturated carbocycles. The largest absolute Gasteiger partial charge is 0.417 e. The van der Waals surface area contributed by atoms with Crippen LogP contribution in [0.2, 0.25) is 0 Å². The number of benzene rings is 1. The number of aromatic nitrogens is 2. The number of anilines is 1. The third kappa shape index (κ3) is 3.02. The highest BCUT2D eigenvalue weighted by molar-refractivity contribution is 5.85. The standard InChI is InChI=1S/C12H8N4O2/c13-6-11-14-7-9(8-15-11)16-12(17)18-10-4-2-1-3-5-10/h1-5,7-8H,(H,16,17). The summed E-state index contributed by atoms with van der Waals surface area (Å²) < 4.78 is 5.00. The van der Waals surface area contributed by atoms with Crippen molar-refractivity contribution in [1.82, 2.24) is 9.97 Å². The van der Waals surface area contributed by atoms with E-state index < -0.39 is 6.09 Å². The minimum atomic E-state index is -0.644. The highest BCUT2D eigenvalue weighted by Gasteiger charge is 2.05. The van der Waals surface area contributed by atoms with Gasteiger partial charge in [-0.15, -0.1) is 0 Å². The topological polar surface area (TPSA) is 87.9 Å². The molecular formula is C12H8N4O2. The lowest BCUT2D eigenvalue weighted by Crippen LogP contribution is -2.17. The molecule has 2 aromatic rings. The monoisotopic (exact) mass is 240 g/mol. The molecule has 0 aliphatic rings. The zero-order valence-electron chi connectivity index (χ0n) is 9.20. The van der Waals surface area contributed by atoms with Gasteiger partial charge in [-0.2, -0.15) is 5.26 Å². The van der Waals surface area contributed by atoms with Crippen molar-refractivity contribution in [2.24, 2.45) is 0 Å². The maximum absolute atomic E-state index is 11.5. The van der Waals surface area contributed by atoms with E-state index in [1.807, 2.05) is 6.07 Å². The molecule has 0 aliphatic carbocycles. The summed E-state index contributed by atoms with van der Waals surface area (Å²) in [6, 6.07) is 10.4. The van der Waals surface area contributed by atoms with Gasteiger partial charge in [-0.3, -0.25) is 5.32 Å². The zero-order chi connectivity index (χ0) is 12.8. The Morgan fingerprint density at radius 2 is 1.89 bits per heavy atom. The van der Waals surface area contributed by atoms with E-state index in [-0.39, 0.29) is 5.82 Å². The molecule has 1 aromatic heterocycles. The van der Waals surface area contributed by atoms with Crippen LogP contribution >= 0.6 is 0 Å². The third-order valence-corrected chi connectivity index (χ3v) is 1.95. The maximum Gasteiger partial charge on any atom is 0.417 e. The first-order valence-corrected chi connectivity index (χ1v) is 5.04. The number of nitriles is 1. The number of nitrogens with one attached hydrogen (secondary N) is 1. The summed E-state index contributed by atoms with van der Waals surface area (Å²) in [5.74, 6) is 0.474. The molecule has 1 heterocycles. The number of hydrogen-bond donors (Lipinski definition) is 1. The van der Waals surface area contributed by atoms with E-state index in [1.165, 1.54) is 12.4 Å². The van der Waals surface area contributed by atoms with E-state index >= 15 is 0 Å². The van der Waals surface area contributed by atoms with Crippen LogP contribution in [0.3, 0.4) is 0 Å². The Morgan fingerprint density at radius 3 is 2.50 bits per heavy atom. The van der Waals surface area contributed by atoms with Crippen LogP contribution < -0.4 is 10.1 Å². The van der Waals surface area contributed by atoms with Crippen LogP contribution in [0.15, 0.2) is 42.7 Å². The summed E-state index contributed by atoms with van der Waals surface area (Å²) in [7, 11) is 0. The maximum atomic E-state index is 11.5. The summed E-state index contributed by atoms with van der Waals surface area (Å²) in [4.78, 5) is 18.9. The molecule has 18 heavy (non-hydrogen) atoms. The molecule has 0 spiro atoms. The number of ether oxygens (including phenoxy) is 1. The summed E-state index contributed by atoms with van der Waals surface area (Å²) >= 11 is 0. The highest BCUT2D eigenvalue weighted by Crippen LogP contribution is 2.10. The molecule has 88 valence electrons. The van der Waals surface area contributed by atoms with Gasteiger partial charge in [0.15, 0.2) is 0 Å². The Hall–Kier alpha value is -2.94. The highest BCUT2D eigenvalue weighted by atomic mass is 16.6. The molecule has 0 aliphatic heterocycles. The number of carbonyl (C=O) groups is 1. The van der Waals surface area contributed by atoms with Gasteiger partial charge in [0, 0.05) is 0 Å². The second kappa shape index (κ2) is 5.41. The summed E-state index contributed by atoms with van der Waals surface area (Å²) in [6.45, 7) is 0. The summed E-state index contributed by atoms with van der Waals surface area (Å²) in [5.41, 5.74) is 0.356. The number of nitrogens with zero attached hydrogens (tertiary/aromatic N) is 3. The molecule has 2 rings (SSSR count). The van der Waals surface area contributed by atoms with Crippen LogP contribution in [0.1, 0.15) is 5.82 Å². The third-order valence-electron chi connectivity index (χ3n) is 1.95. The summed E-state index contributed by atoms with van der Waals surface area (Å²) in [5, 5.41) is 11.0. The molecule has 1 aromatic carbocycles. The predicted octanol–water partition coefficient (Wildman–Crippen LogP) is 1.96. The van der Waals surface area contributed by atoms with Crippen LogP contribution in [0.4, 0.5) is 10.5 Å². The molecule has 0 radical (unpaired) electrons. The van der Waals surface area contributed by atoms with Gasteiger partial charge >= 0.3 is 6.09 Å². The average Bonchev–Trinajstić information content (AvgIpc) is 2.40. The van der Waals surface area contributed by atoms with E-state index in [0.29, 0.717) is 11.4 Å². The van der Waals surface area contributed by atoms with Crippen molar-refractivity contribution in [3.05, 3.63) is 48.5 Å². The lowest BCUT2D eigenvalue weighted by atomic mass is 10.3. The van der Waals surface area contributed by atoms with Crippen molar-refractivity contribution < 1.29 is 9.53 Å². The van der Waals surface area contributed by atoms with Crippen LogP contribution in [-0.2, 0) is 0 Å². The Kier molecular flexibility index (Phi) is 3.47. The van der Waals surface area contributed by atoms with Crippen molar-refractivity contribution in [2.75, 3.05) is 5.32 Å². The van der Waals surface area contributed by atoms with Crippen molar-refractivity contribution in [3.63, 3.8) is 0 Å². The van der Waals surface area contributed by atoms with E-state index in [4.69, 9.17) is 10.00 Å². The van der Waals surface area contributed by atoms with Gasteiger partial charge in [0.05, 0.1) is 18.1 Å². The number of rotatable bonds is 2. The first kappa shape index (κ1) is 11.5. The Labute approximate surface area is 103 Å². The molecular weight excluding hydrogens is 232 g/mol. The Balaban J connectivity index is 1.97. The number of carbonyl (C=O) groups excluding carboxylic acids is 1. The van der Waals surface area contributed by atoms with Gasteiger partial charge in [0.2, 0.25) is 5.82 Å². The molecule has 0 atom stereocenters.